The minimum absolute atomic E-state index is 0.0574. The minimum atomic E-state index is -0.681. The Morgan fingerprint density at radius 2 is 1.86 bits per heavy atom. The molecule has 0 bridgehead atoms. The highest BCUT2D eigenvalue weighted by molar-refractivity contribution is 5.77. The molecule has 154 valence electrons. The number of hydrogen-bond acceptors (Lipinski definition) is 3. The van der Waals surface area contributed by atoms with E-state index in [1.807, 2.05) is 41.3 Å². The quantitative estimate of drug-likeness (QED) is 0.812. The van der Waals surface area contributed by atoms with Gasteiger partial charge in [0.1, 0.15) is 5.75 Å². The van der Waals surface area contributed by atoms with Crippen LogP contribution in [0.3, 0.4) is 0 Å². The first-order valence-electron chi connectivity index (χ1n) is 10.8. The summed E-state index contributed by atoms with van der Waals surface area (Å²) in [5, 5.41) is 11.4. The third-order valence-corrected chi connectivity index (χ3v) is 6.82. The highest BCUT2D eigenvalue weighted by atomic mass is 16.5. The lowest BCUT2D eigenvalue weighted by Gasteiger charge is -2.52. The molecule has 1 saturated heterocycles. The largest absolute Gasteiger partial charge is 0.496 e. The summed E-state index contributed by atoms with van der Waals surface area (Å²) in [4.78, 5) is 15.4. The summed E-state index contributed by atoms with van der Waals surface area (Å²) in [7, 11) is 1.68. The predicted octanol–water partition coefficient (Wildman–Crippen LogP) is 4.52. The van der Waals surface area contributed by atoms with Crippen LogP contribution < -0.4 is 4.74 Å². The number of fused-ring (bicyclic) bond motifs is 1. The monoisotopic (exact) mass is 393 g/mol. The van der Waals surface area contributed by atoms with Crippen LogP contribution in [0, 0.1) is 5.92 Å². The number of aliphatic hydroxyl groups is 1. The lowest BCUT2D eigenvalue weighted by atomic mass is 9.66. The van der Waals surface area contributed by atoms with E-state index < -0.39 is 5.60 Å². The van der Waals surface area contributed by atoms with Gasteiger partial charge >= 0.3 is 0 Å². The molecule has 1 saturated carbocycles. The van der Waals surface area contributed by atoms with Gasteiger partial charge in [-0.25, -0.2) is 0 Å². The van der Waals surface area contributed by atoms with Crippen molar-refractivity contribution in [3.8, 4) is 5.75 Å². The summed E-state index contributed by atoms with van der Waals surface area (Å²) in [5.74, 6) is 1.02. The number of amides is 1. The second-order valence-corrected chi connectivity index (χ2v) is 8.47. The zero-order valence-electron chi connectivity index (χ0n) is 17.2. The Bertz CT molecular complexity index is 837. The first-order chi connectivity index (χ1) is 14.1. The molecule has 1 aliphatic carbocycles. The van der Waals surface area contributed by atoms with Crippen LogP contribution >= 0.6 is 0 Å². The first kappa shape index (κ1) is 20.0. The number of carbonyl (C=O) groups is 1. The molecule has 1 N–H and O–H groups in total. The van der Waals surface area contributed by atoms with Crippen molar-refractivity contribution in [1.29, 1.82) is 0 Å². The molecule has 2 aromatic rings. The highest BCUT2D eigenvalue weighted by Crippen LogP contribution is 2.50. The Morgan fingerprint density at radius 3 is 2.66 bits per heavy atom. The molecule has 4 nitrogen and oxygen atoms in total. The van der Waals surface area contributed by atoms with E-state index >= 15 is 0 Å². The molecular formula is C25H31NO3. The van der Waals surface area contributed by atoms with Crippen molar-refractivity contribution in [2.75, 3.05) is 13.7 Å². The molecule has 0 aromatic heterocycles. The summed E-state index contributed by atoms with van der Waals surface area (Å²) in [6, 6.07) is 18.0. The van der Waals surface area contributed by atoms with Gasteiger partial charge < -0.3 is 14.7 Å². The summed E-state index contributed by atoms with van der Waals surface area (Å²) in [5.41, 5.74) is 1.52. The topological polar surface area (TPSA) is 49.8 Å². The van der Waals surface area contributed by atoms with Gasteiger partial charge in [-0.1, -0.05) is 61.4 Å². The molecule has 0 unspecified atom stereocenters. The zero-order chi connectivity index (χ0) is 20.3. The number of aryl methyl sites for hydroxylation is 1. The number of para-hydroxylation sites is 1. The molecule has 3 atom stereocenters. The summed E-state index contributed by atoms with van der Waals surface area (Å²) >= 11 is 0. The second kappa shape index (κ2) is 8.58. The Morgan fingerprint density at radius 1 is 1.10 bits per heavy atom. The Kier molecular flexibility index (Phi) is 5.91. The van der Waals surface area contributed by atoms with Crippen molar-refractivity contribution >= 4 is 5.91 Å². The molecule has 1 amide bonds. The van der Waals surface area contributed by atoms with E-state index in [9.17, 15) is 9.90 Å². The number of nitrogens with zero attached hydrogens (tertiary/aromatic N) is 1. The van der Waals surface area contributed by atoms with Crippen molar-refractivity contribution < 1.29 is 14.6 Å². The molecule has 2 aromatic carbocycles. The van der Waals surface area contributed by atoms with Gasteiger partial charge in [0.25, 0.3) is 0 Å². The lowest BCUT2D eigenvalue weighted by molar-refractivity contribution is -0.155. The summed E-state index contributed by atoms with van der Waals surface area (Å²) < 4.78 is 5.65. The number of rotatable bonds is 5. The number of hydrogen-bond donors (Lipinski definition) is 1. The number of ether oxygens (including phenoxy) is 1. The molecule has 4 rings (SSSR count). The van der Waals surface area contributed by atoms with Crippen molar-refractivity contribution in [3.05, 3.63) is 65.7 Å². The van der Waals surface area contributed by atoms with Gasteiger partial charge in [-0.05, 0) is 37.3 Å². The maximum Gasteiger partial charge on any atom is 0.223 e. The lowest BCUT2D eigenvalue weighted by Crippen LogP contribution is -2.56. The van der Waals surface area contributed by atoms with Gasteiger partial charge in [-0.3, -0.25) is 4.79 Å². The van der Waals surface area contributed by atoms with Gasteiger partial charge in [-0.15, -0.1) is 0 Å². The van der Waals surface area contributed by atoms with Crippen LogP contribution in [0.5, 0.6) is 5.75 Å². The maximum atomic E-state index is 13.3. The molecular weight excluding hydrogens is 362 g/mol. The Hall–Kier alpha value is -2.33. The smallest absolute Gasteiger partial charge is 0.223 e. The molecule has 4 heteroatoms. The van der Waals surface area contributed by atoms with E-state index in [0.717, 1.165) is 43.4 Å². The van der Waals surface area contributed by atoms with Crippen molar-refractivity contribution in [2.45, 2.75) is 56.6 Å². The third-order valence-electron chi connectivity index (χ3n) is 6.82. The SMILES string of the molecule is COc1ccccc1[C@H]1[C@H]2CCCC[C@]2(O)CCN1C(=O)CCc1ccccc1. The summed E-state index contributed by atoms with van der Waals surface area (Å²) in [6.45, 7) is 0.601. The number of methoxy groups -OCH3 is 1. The van der Waals surface area contributed by atoms with Gasteiger partial charge in [0.05, 0.1) is 18.8 Å². The molecule has 29 heavy (non-hydrogen) atoms. The van der Waals surface area contributed by atoms with Crippen molar-refractivity contribution in [3.63, 3.8) is 0 Å². The van der Waals surface area contributed by atoms with Crippen LogP contribution in [0.2, 0.25) is 0 Å². The van der Waals surface area contributed by atoms with Crippen LogP contribution in [-0.2, 0) is 11.2 Å². The molecule has 1 heterocycles. The van der Waals surface area contributed by atoms with Crippen molar-refractivity contribution in [1.82, 2.24) is 4.90 Å². The van der Waals surface area contributed by atoms with Crippen LogP contribution in [0.4, 0.5) is 0 Å². The van der Waals surface area contributed by atoms with E-state index in [0.29, 0.717) is 19.4 Å². The first-order valence-corrected chi connectivity index (χ1v) is 10.8. The fraction of sp³-hybridized carbons (Fsp3) is 0.480. The normalized spacial score (nSPS) is 26.6. The van der Waals surface area contributed by atoms with Crippen LogP contribution in [0.25, 0.3) is 0 Å². The molecule has 0 spiro atoms. The number of piperidine rings is 1. The van der Waals surface area contributed by atoms with Crippen LogP contribution in [0.15, 0.2) is 54.6 Å². The van der Waals surface area contributed by atoms with E-state index in [2.05, 4.69) is 18.2 Å². The predicted molar refractivity (Wildman–Crippen MR) is 114 cm³/mol. The maximum absolute atomic E-state index is 13.3. The molecule has 2 fully saturated rings. The average Bonchev–Trinajstić information content (AvgIpc) is 2.77. The number of benzene rings is 2. The van der Waals surface area contributed by atoms with Gasteiger partial charge in [0, 0.05) is 24.4 Å². The number of carbonyl (C=O) groups excluding carboxylic acids is 1. The van der Waals surface area contributed by atoms with Gasteiger partial charge in [0.15, 0.2) is 0 Å². The zero-order valence-corrected chi connectivity index (χ0v) is 17.2. The number of likely N-dealkylation sites (tertiary alicyclic amines) is 1. The van der Waals surface area contributed by atoms with E-state index in [1.165, 1.54) is 5.56 Å². The molecule has 2 aliphatic rings. The van der Waals surface area contributed by atoms with Gasteiger partial charge in [-0.2, -0.15) is 0 Å². The van der Waals surface area contributed by atoms with Crippen LogP contribution in [-0.4, -0.2) is 35.2 Å². The van der Waals surface area contributed by atoms with E-state index in [4.69, 9.17) is 4.74 Å². The Labute approximate surface area is 173 Å². The Balaban J connectivity index is 1.63. The summed E-state index contributed by atoms with van der Waals surface area (Å²) in [6.07, 6.45) is 5.83. The standard InChI is InChI=1S/C25H31NO3/c1-29-22-13-6-5-11-20(22)24-21-12-7-8-16-25(21,28)17-18-26(24)23(27)15-14-19-9-3-2-4-10-19/h2-6,9-11,13,21,24,28H,7-8,12,14-18H2,1H3/t21-,24+,25+/m1/s1. The van der Waals surface area contributed by atoms with Gasteiger partial charge in [0.2, 0.25) is 5.91 Å². The van der Waals surface area contributed by atoms with Crippen LogP contribution in [0.1, 0.15) is 55.7 Å². The van der Waals surface area contributed by atoms with E-state index in [-0.39, 0.29) is 17.9 Å². The highest BCUT2D eigenvalue weighted by Gasteiger charge is 2.50. The third kappa shape index (κ3) is 4.04. The fourth-order valence-electron chi connectivity index (χ4n) is 5.30. The molecule has 0 radical (unpaired) electrons. The van der Waals surface area contributed by atoms with Crippen molar-refractivity contribution in [2.24, 2.45) is 5.92 Å². The minimum Gasteiger partial charge on any atom is -0.496 e. The second-order valence-electron chi connectivity index (χ2n) is 8.47. The fourth-order valence-corrected chi connectivity index (χ4v) is 5.30. The van der Waals surface area contributed by atoms with E-state index in [1.54, 1.807) is 7.11 Å². The molecule has 1 aliphatic heterocycles. The average molecular weight is 394 g/mol.